The summed E-state index contributed by atoms with van der Waals surface area (Å²) < 4.78 is 21.6. The molecule has 0 fully saturated rings. The molecule has 5 nitrogen and oxygen atoms in total. The standard InChI is InChI=1S/C21H20BrClFN3O2/c1-13-20(23)14(2)27(26-13)19-9-6-16(12-18(19)24)25-21(28)15-4-7-17(8-5-15)29-11-3-10-22/h4-9,12H,3,10-11H2,1-2H3,(H,25,28). The molecule has 0 saturated carbocycles. The zero-order valence-electron chi connectivity index (χ0n) is 16.0. The number of anilines is 1. The van der Waals surface area contributed by atoms with E-state index in [1.54, 1.807) is 50.2 Å². The van der Waals surface area contributed by atoms with Gasteiger partial charge in [0.25, 0.3) is 5.91 Å². The number of hydrogen-bond acceptors (Lipinski definition) is 3. The minimum absolute atomic E-state index is 0.264. The Balaban J connectivity index is 1.71. The fourth-order valence-corrected chi connectivity index (χ4v) is 3.11. The average Bonchev–Trinajstić information content (AvgIpc) is 2.96. The van der Waals surface area contributed by atoms with Gasteiger partial charge in [0, 0.05) is 16.6 Å². The summed E-state index contributed by atoms with van der Waals surface area (Å²) in [5.74, 6) is -0.152. The van der Waals surface area contributed by atoms with Crippen molar-refractivity contribution in [2.75, 3.05) is 17.3 Å². The van der Waals surface area contributed by atoms with Crippen LogP contribution >= 0.6 is 27.5 Å². The molecule has 1 heterocycles. The summed E-state index contributed by atoms with van der Waals surface area (Å²) in [4.78, 5) is 12.4. The van der Waals surface area contributed by atoms with Gasteiger partial charge < -0.3 is 10.1 Å². The number of hydrogen-bond donors (Lipinski definition) is 1. The number of alkyl halides is 1. The zero-order valence-corrected chi connectivity index (χ0v) is 18.3. The van der Waals surface area contributed by atoms with Crippen LogP contribution in [0.1, 0.15) is 28.2 Å². The minimum Gasteiger partial charge on any atom is -0.494 e. The summed E-state index contributed by atoms with van der Waals surface area (Å²) in [5, 5.41) is 8.33. The van der Waals surface area contributed by atoms with Crippen molar-refractivity contribution >= 4 is 39.1 Å². The Bertz CT molecular complexity index is 1020. The van der Waals surface area contributed by atoms with E-state index in [1.807, 2.05) is 0 Å². The molecule has 152 valence electrons. The number of aryl methyl sites for hydroxylation is 1. The van der Waals surface area contributed by atoms with Gasteiger partial charge in [0.15, 0.2) is 5.82 Å². The second-order valence-electron chi connectivity index (χ2n) is 6.43. The van der Waals surface area contributed by atoms with Crippen LogP contribution < -0.4 is 10.1 Å². The third kappa shape index (κ3) is 4.97. The number of nitrogens with one attached hydrogen (secondary N) is 1. The Morgan fingerprint density at radius 2 is 1.97 bits per heavy atom. The molecule has 0 aliphatic carbocycles. The Morgan fingerprint density at radius 3 is 2.55 bits per heavy atom. The molecule has 0 atom stereocenters. The molecule has 1 N–H and O–H groups in total. The summed E-state index contributed by atoms with van der Waals surface area (Å²) in [7, 11) is 0. The first-order chi connectivity index (χ1) is 13.9. The van der Waals surface area contributed by atoms with Crippen LogP contribution in [0.5, 0.6) is 5.75 Å². The number of aromatic nitrogens is 2. The normalized spacial score (nSPS) is 10.8. The van der Waals surface area contributed by atoms with Crippen molar-refractivity contribution in [3.8, 4) is 11.4 Å². The number of ether oxygens (including phenoxy) is 1. The van der Waals surface area contributed by atoms with Gasteiger partial charge in [-0.05, 0) is 62.7 Å². The lowest BCUT2D eigenvalue weighted by molar-refractivity contribution is 0.102. The minimum atomic E-state index is -0.513. The molecular weight excluding hydrogens is 461 g/mol. The number of carbonyl (C=O) groups is 1. The van der Waals surface area contributed by atoms with Gasteiger partial charge >= 0.3 is 0 Å². The zero-order chi connectivity index (χ0) is 21.0. The number of carbonyl (C=O) groups excluding carboxylic acids is 1. The maximum absolute atomic E-state index is 14.6. The fourth-order valence-electron chi connectivity index (χ4n) is 2.77. The summed E-state index contributed by atoms with van der Waals surface area (Å²) in [6.45, 7) is 4.13. The van der Waals surface area contributed by atoms with E-state index in [-0.39, 0.29) is 11.6 Å². The Hall–Kier alpha value is -2.38. The smallest absolute Gasteiger partial charge is 0.255 e. The van der Waals surface area contributed by atoms with Crippen molar-refractivity contribution < 1.29 is 13.9 Å². The van der Waals surface area contributed by atoms with Gasteiger partial charge in [-0.1, -0.05) is 27.5 Å². The maximum Gasteiger partial charge on any atom is 0.255 e. The van der Waals surface area contributed by atoms with Crippen molar-refractivity contribution in [1.82, 2.24) is 9.78 Å². The van der Waals surface area contributed by atoms with Crippen LogP contribution in [0.25, 0.3) is 5.69 Å². The van der Waals surface area contributed by atoms with Gasteiger partial charge in [-0.15, -0.1) is 0 Å². The largest absolute Gasteiger partial charge is 0.494 e. The van der Waals surface area contributed by atoms with Gasteiger partial charge in [0.05, 0.1) is 23.0 Å². The van der Waals surface area contributed by atoms with Gasteiger partial charge in [0.2, 0.25) is 0 Å². The SMILES string of the molecule is Cc1nn(-c2ccc(NC(=O)c3ccc(OCCCBr)cc3)cc2F)c(C)c1Cl. The van der Waals surface area contributed by atoms with E-state index in [2.05, 4.69) is 26.3 Å². The summed E-state index contributed by atoms with van der Waals surface area (Å²) >= 11 is 9.49. The number of rotatable bonds is 7. The molecule has 3 aromatic rings. The molecule has 3 rings (SSSR count). The van der Waals surface area contributed by atoms with Crippen LogP contribution in [0.2, 0.25) is 5.02 Å². The predicted octanol–water partition coefficient (Wildman–Crippen LogP) is 5.70. The number of halogens is 3. The van der Waals surface area contributed by atoms with Gasteiger partial charge in [-0.3, -0.25) is 4.79 Å². The molecule has 1 amide bonds. The molecule has 0 bridgehead atoms. The summed E-state index contributed by atoms with van der Waals surface area (Å²) in [5.41, 5.74) is 2.34. The first-order valence-electron chi connectivity index (χ1n) is 9.02. The van der Waals surface area contributed by atoms with Crippen LogP contribution in [0.3, 0.4) is 0 Å². The van der Waals surface area contributed by atoms with Gasteiger partial charge in [0.1, 0.15) is 11.4 Å². The van der Waals surface area contributed by atoms with Crippen molar-refractivity contribution in [3.63, 3.8) is 0 Å². The van der Waals surface area contributed by atoms with Crippen LogP contribution in [-0.2, 0) is 0 Å². The lowest BCUT2D eigenvalue weighted by Gasteiger charge is -2.10. The van der Waals surface area contributed by atoms with Gasteiger partial charge in [-0.25, -0.2) is 9.07 Å². The van der Waals surface area contributed by atoms with Gasteiger partial charge in [-0.2, -0.15) is 5.10 Å². The third-order valence-corrected chi connectivity index (χ3v) is 5.41. The Kier molecular flexibility index (Phi) is 6.92. The van der Waals surface area contributed by atoms with Crippen LogP contribution in [0.4, 0.5) is 10.1 Å². The average molecular weight is 481 g/mol. The van der Waals surface area contributed by atoms with E-state index >= 15 is 0 Å². The fraction of sp³-hybridized carbons (Fsp3) is 0.238. The van der Waals surface area contributed by atoms with Crippen LogP contribution in [-0.4, -0.2) is 27.6 Å². The first-order valence-corrected chi connectivity index (χ1v) is 10.5. The number of benzene rings is 2. The summed E-state index contributed by atoms with van der Waals surface area (Å²) in [6, 6.07) is 11.2. The highest BCUT2D eigenvalue weighted by Gasteiger charge is 2.15. The van der Waals surface area contributed by atoms with E-state index in [0.29, 0.717) is 40.0 Å². The predicted molar refractivity (Wildman–Crippen MR) is 116 cm³/mol. The third-order valence-electron chi connectivity index (χ3n) is 4.30. The topological polar surface area (TPSA) is 56.2 Å². The molecule has 0 spiro atoms. The molecular formula is C21H20BrClFN3O2. The van der Waals surface area contributed by atoms with E-state index in [1.165, 1.54) is 10.7 Å². The van der Waals surface area contributed by atoms with E-state index < -0.39 is 5.82 Å². The van der Waals surface area contributed by atoms with E-state index in [9.17, 15) is 9.18 Å². The maximum atomic E-state index is 14.6. The first kappa shape index (κ1) is 21.3. The lowest BCUT2D eigenvalue weighted by atomic mass is 10.2. The molecule has 0 saturated heterocycles. The number of amides is 1. The Morgan fingerprint density at radius 1 is 1.24 bits per heavy atom. The monoisotopic (exact) mass is 479 g/mol. The quantitative estimate of drug-likeness (QED) is 0.349. The second kappa shape index (κ2) is 9.41. The highest BCUT2D eigenvalue weighted by molar-refractivity contribution is 9.09. The molecule has 2 aromatic carbocycles. The molecule has 0 unspecified atom stereocenters. The highest BCUT2D eigenvalue weighted by atomic mass is 79.9. The van der Waals surface area contributed by atoms with E-state index in [0.717, 1.165) is 11.8 Å². The molecule has 0 radical (unpaired) electrons. The molecule has 29 heavy (non-hydrogen) atoms. The van der Waals surface area contributed by atoms with Crippen molar-refractivity contribution in [2.24, 2.45) is 0 Å². The highest BCUT2D eigenvalue weighted by Crippen LogP contribution is 2.25. The van der Waals surface area contributed by atoms with Crippen molar-refractivity contribution in [2.45, 2.75) is 20.3 Å². The van der Waals surface area contributed by atoms with E-state index in [4.69, 9.17) is 16.3 Å². The Labute approximate surface area is 182 Å². The van der Waals surface area contributed by atoms with Crippen LogP contribution in [0, 0.1) is 19.7 Å². The number of nitrogens with zero attached hydrogens (tertiary/aromatic N) is 2. The molecule has 1 aromatic heterocycles. The van der Waals surface area contributed by atoms with Crippen molar-refractivity contribution in [3.05, 3.63) is 70.3 Å². The lowest BCUT2D eigenvalue weighted by Crippen LogP contribution is -2.12. The van der Waals surface area contributed by atoms with Crippen molar-refractivity contribution in [1.29, 1.82) is 0 Å². The second-order valence-corrected chi connectivity index (χ2v) is 7.60. The molecule has 0 aliphatic rings. The summed E-state index contributed by atoms with van der Waals surface area (Å²) in [6.07, 6.45) is 0.896. The molecule has 8 heteroatoms. The van der Waals surface area contributed by atoms with Crippen LogP contribution in [0.15, 0.2) is 42.5 Å². The molecule has 0 aliphatic heterocycles.